The van der Waals surface area contributed by atoms with E-state index in [-0.39, 0.29) is 12.3 Å². The molecule has 0 fully saturated rings. The third-order valence-electron chi connectivity index (χ3n) is 3.05. The highest BCUT2D eigenvalue weighted by Crippen LogP contribution is 2.30. The number of benzene rings is 2. The van der Waals surface area contributed by atoms with Crippen molar-refractivity contribution in [1.29, 1.82) is 0 Å². The maximum atomic E-state index is 11.0. The van der Waals surface area contributed by atoms with Gasteiger partial charge in [0.25, 0.3) is 5.69 Å². The van der Waals surface area contributed by atoms with Crippen LogP contribution in [0.3, 0.4) is 0 Å². The number of hydrogen-bond donors (Lipinski definition) is 1. The van der Waals surface area contributed by atoms with Crippen LogP contribution in [-0.4, -0.2) is 12.0 Å². The average molecular weight is 351 g/mol. The smallest absolute Gasteiger partial charge is 0.292 e. The number of nitrogens with zero attached hydrogens (tertiary/aromatic N) is 1. The number of hydrogen-bond acceptors (Lipinski definition) is 4. The largest absolute Gasteiger partial charge is 0.488 e. The summed E-state index contributed by atoms with van der Waals surface area (Å²) >= 11 is 3.45. The fraction of sp³-hybridized carbons (Fsp3) is 0.200. The van der Waals surface area contributed by atoms with Gasteiger partial charge in [-0.1, -0.05) is 18.2 Å². The molecule has 0 saturated carbocycles. The van der Waals surface area contributed by atoms with Crippen LogP contribution in [-0.2, 0) is 6.61 Å². The Morgan fingerprint density at radius 1 is 1.33 bits per heavy atom. The molecule has 0 bridgehead atoms. The Morgan fingerprint density at radius 3 is 2.71 bits per heavy atom. The molecule has 0 radical (unpaired) electrons. The van der Waals surface area contributed by atoms with Crippen molar-refractivity contribution >= 4 is 27.3 Å². The molecule has 0 amide bonds. The van der Waals surface area contributed by atoms with Gasteiger partial charge in [-0.3, -0.25) is 10.1 Å². The Balaban J connectivity index is 2.24. The van der Waals surface area contributed by atoms with Gasteiger partial charge in [-0.05, 0) is 40.5 Å². The fourth-order valence-electron chi connectivity index (χ4n) is 2.03. The number of nitrogens with one attached hydrogen (secondary N) is 1. The molecule has 0 atom stereocenters. The first-order valence-electron chi connectivity index (χ1n) is 6.36. The van der Waals surface area contributed by atoms with Crippen molar-refractivity contribution in [3.8, 4) is 5.75 Å². The van der Waals surface area contributed by atoms with E-state index in [0.717, 1.165) is 15.6 Å². The molecule has 2 rings (SSSR count). The van der Waals surface area contributed by atoms with E-state index in [1.807, 2.05) is 25.1 Å². The molecule has 0 aliphatic rings. The lowest BCUT2D eigenvalue weighted by atomic mass is 10.1. The van der Waals surface area contributed by atoms with Crippen molar-refractivity contribution < 1.29 is 9.66 Å². The highest BCUT2D eigenvalue weighted by atomic mass is 79.9. The van der Waals surface area contributed by atoms with E-state index in [9.17, 15) is 10.1 Å². The average Bonchev–Trinajstić information content (AvgIpc) is 2.45. The van der Waals surface area contributed by atoms with Crippen LogP contribution in [0.4, 0.5) is 11.4 Å². The lowest BCUT2D eigenvalue weighted by Gasteiger charge is -2.12. The van der Waals surface area contributed by atoms with Gasteiger partial charge in [0, 0.05) is 18.7 Å². The van der Waals surface area contributed by atoms with Crippen molar-refractivity contribution in [3.05, 3.63) is 62.1 Å². The summed E-state index contributed by atoms with van der Waals surface area (Å²) in [4.78, 5) is 10.6. The topological polar surface area (TPSA) is 64.4 Å². The first kappa shape index (κ1) is 15.3. The fourth-order valence-corrected chi connectivity index (χ4v) is 2.63. The molecule has 0 saturated heterocycles. The summed E-state index contributed by atoms with van der Waals surface area (Å²) in [5.41, 5.74) is 2.38. The number of nitro benzene ring substituents is 1. The summed E-state index contributed by atoms with van der Waals surface area (Å²) in [6.07, 6.45) is 0. The van der Waals surface area contributed by atoms with Crippen LogP contribution in [0.15, 0.2) is 40.9 Å². The van der Waals surface area contributed by atoms with Crippen LogP contribution >= 0.6 is 15.9 Å². The van der Waals surface area contributed by atoms with Crippen LogP contribution in [0.25, 0.3) is 0 Å². The van der Waals surface area contributed by atoms with Gasteiger partial charge in [0.05, 0.1) is 9.40 Å². The highest BCUT2D eigenvalue weighted by molar-refractivity contribution is 9.10. The molecule has 6 heteroatoms. The molecule has 0 heterocycles. The van der Waals surface area contributed by atoms with Gasteiger partial charge in [-0.25, -0.2) is 0 Å². The Bertz CT molecular complexity index is 674. The Kier molecular flexibility index (Phi) is 4.80. The van der Waals surface area contributed by atoms with E-state index in [1.54, 1.807) is 19.2 Å². The van der Waals surface area contributed by atoms with E-state index in [0.29, 0.717) is 11.4 Å². The predicted molar refractivity (Wildman–Crippen MR) is 85.9 cm³/mol. The quantitative estimate of drug-likeness (QED) is 0.645. The Hall–Kier alpha value is -2.08. The third-order valence-corrected chi connectivity index (χ3v) is 3.67. The van der Waals surface area contributed by atoms with Crippen LogP contribution in [0.2, 0.25) is 0 Å². The number of rotatable bonds is 5. The van der Waals surface area contributed by atoms with E-state index in [1.165, 1.54) is 6.07 Å². The van der Waals surface area contributed by atoms with Crippen molar-refractivity contribution in [1.82, 2.24) is 0 Å². The van der Waals surface area contributed by atoms with Crippen molar-refractivity contribution in [2.45, 2.75) is 13.5 Å². The van der Waals surface area contributed by atoms with Gasteiger partial charge < -0.3 is 10.1 Å². The second kappa shape index (κ2) is 6.58. The molecule has 0 aliphatic heterocycles. The number of ether oxygens (including phenoxy) is 1. The molecule has 110 valence electrons. The number of para-hydroxylation sites is 1. The van der Waals surface area contributed by atoms with Crippen molar-refractivity contribution in [2.24, 2.45) is 0 Å². The Labute approximate surface area is 131 Å². The molecular formula is C15H15BrN2O3. The van der Waals surface area contributed by atoms with Gasteiger partial charge in [-0.2, -0.15) is 0 Å². The number of nitro groups is 1. The van der Waals surface area contributed by atoms with E-state index in [2.05, 4.69) is 21.2 Å². The highest BCUT2D eigenvalue weighted by Gasteiger charge is 2.16. The molecule has 21 heavy (non-hydrogen) atoms. The van der Waals surface area contributed by atoms with Gasteiger partial charge in [-0.15, -0.1) is 0 Å². The first-order valence-corrected chi connectivity index (χ1v) is 7.15. The minimum Gasteiger partial charge on any atom is -0.488 e. The first-order chi connectivity index (χ1) is 10.0. The zero-order valence-electron chi connectivity index (χ0n) is 11.7. The number of anilines is 1. The maximum absolute atomic E-state index is 11.0. The number of aryl methyl sites for hydroxylation is 1. The molecule has 5 nitrogen and oxygen atoms in total. The van der Waals surface area contributed by atoms with Gasteiger partial charge in [0.15, 0.2) is 0 Å². The SMILES string of the molecule is CNc1c(COc2ccc(C)cc2Br)cccc1[N+](=O)[O-]. The summed E-state index contributed by atoms with van der Waals surface area (Å²) in [5.74, 6) is 0.703. The molecule has 0 aliphatic carbocycles. The molecule has 0 unspecified atom stereocenters. The Morgan fingerprint density at radius 2 is 2.10 bits per heavy atom. The molecule has 1 N–H and O–H groups in total. The van der Waals surface area contributed by atoms with Crippen LogP contribution in [0.1, 0.15) is 11.1 Å². The summed E-state index contributed by atoms with van der Waals surface area (Å²) in [7, 11) is 1.66. The van der Waals surface area contributed by atoms with Crippen LogP contribution < -0.4 is 10.1 Å². The van der Waals surface area contributed by atoms with E-state index in [4.69, 9.17) is 4.74 Å². The minimum absolute atomic E-state index is 0.0431. The zero-order valence-corrected chi connectivity index (χ0v) is 13.3. The van der Waals surface area contributed by atoms with Gasteiger partial charge in [0.2, 0.25) is 0 Å². The second-order valence-corrected chi connectivity index (χ2v) is 5.40. The van der Waals surface area contributed by atoms with Crippen molar-refractivity contribution in [2.75, 3.05) is 12.4 Å². The summed E-state index contributed by atoms with van der Waals surface area (Å²) in [6.45, 7) is 2.24. The summed E-state index contributed by atoms with van der Waals surface area (Å²) < 4.78 is 6.61. The monoisotopic (exact) mass is 350 g/mol. The summed E-state index contributed by atoms with van der Waals surface area (Å²) in [5, 5.41) is 13.9. The standard InChI is InChI=1S/C15H15BrN2O3/c1-10-6-7-14(12(16)8-10)21-9-11-4-3-5-13(18(19)20)15(11)17-2/h3-8,17H,9H2,1-2H3. The lowest BCUT2D eigenvalue weighted by Crippen LogP contribution is -2.04. The maximum Gasteiger partial charge on any atom is 0.292 e. The van der Waals surface area contributed by atoms with E-state index < -0.39 is 4.92 Å². The lowest BCUT2D eigenvalue weighted by molar-refractivity contribution is -0.384. The zero-order chi connectivity index (χ0) is 15.4. The molecule has 2 aromatic rings. The van der Waals surface area contributed by atoms with Gasteiger partial charge >= 0.3 is 0 Å². The summed E-state index contributed by atoms with van der Waals surface area (Å²) in [6, 6.07) is 10.7. The molecule has 0 spiro atoms. The van der Waals surface area contributed by atoms with E-state index >= 15 is 0 Å². The molecular weight excluding hydrogens is 336 g/mol. The molecule has 2 aromatic carbocycles. The van der Waals surface area contributed by atoms with Gasteiger partial charge in [0.1, 0.15) is 18.0 Å². The van der Waals surface area contributed by atoms with Crippen molar-refractivity contribution in [3.63, 3.8) is 0 Å². The minimum atomic E-state index is -0.406. The predicted octanol–water partition coefficient (Wildman–Crippen LogP) is 4.29. The molecule has 0 aromatic heterocycles. The second-order valence-electron chi connectivity index (χ2n) is 4.54. The number of halogens is 1. The normalized spacial score (nSPS) is 10.2. The van der Waals surface area contributed by atoms with Crippen LogP contribution in [0.5, 0.6) is 5.75 Å². The van der Waals surface area contributed by atoms with Crippen LogP contribution in [0, 0.1) is 17.0 Å². The third kappa shape index (κ3) is 3.52.